The Morgan fingerprint density at radius 2 is 1.89 bits per heavy atom. The maximum Gasteiger partial charge on any atom is 0.322 e. The van der Waals surface area contributed by atoms with Gasteiger partial charge < -0.3 is 14.9 Å². The van der Waals surface area contributed by atoms with E-state index in [1.54, 1.807) is 26.8 Å². The summed E-state index contributed by atoms with van der Waals surface area (Å²) >= 11 is 0. The number of ether oxygens (including phenoxy) is 1. The lowest BCUT2D eigenvalue weighted by atomic mass is 10.1. The molecule has 5 nitrogen and oxygen atoms in total. The van der Waals surface area contributed by atoms with Gasteiger partial charge in [-0.25, -0.2) is 0 Å². The quantitative estimate of drug-likeness (QED) is 0.696. The van der Waals surface area contributed by atoms with E-state index in [0.717, 1.165) is 0 Å². The predicted octanol–water partition coefficient (Wildman–Crippen LogP) is 1.70. The normalized spacial score (nSPS) is 13.9. The first-order chi connectivity index (χ1) is 8.47. The van der Waals surface area contributed by atoms with Crippen molar-refractivity contribution >= 4 is 5.97 Å². The molecule has 2 unspecified atom stereocenters. The van der Waals surface area contributed by atoms with Crippen LogP contribution < -0.4 is 5.32 Å². The van der Waals surface area contributed by atoms with Crippen LogP contribution >= 0.6 is 0 Å². The van der Waals surface area contributed by atoms with Crippen LogP contribution in [0.2, 0.25) is 0 Å². The summed E-state index contributed by atoms with van der Waals surface area (Å²) in [6.07, 6.45) is 0. The van der Waals surface area contributed by atoms with Crippen molar-refractivity contribution in [3.05, 3.63) is 23.8 Å². The first-order valence-corrected chi connectivity index (χ1v) is 5.90. The molecule has 0 radical (unpaired) electrons. The SMILES string of the molecule is CCOC(=O)C(C)NC(C)c1c(O)cccc1O. The zero-order valence-corrected chi connectivity index (χ0v) is 10.8. The summed E-state index contributed by atoms with van der Waals surface area (Å²) in [6.45, 7) is 5.49. The molecule has 0 fully saturated rings. The molecular weight excluding hydrogens is 234 g/mol. The number of phenolic OH excluding ortho intramolecular Hbond substituents is 2. The van der Waals surface area contributed by atoms with Gasteiger partial charge >= 0.3 is 5.97 Å². The molecule has 0 saturated heterocycles. The van der Waals surface area contributed by atoms with Crippen molar-refractivity contribution in [3.63, 3.8) is 0 Å². The van der Waals surface area contributed by atoms with E-state index in [4.69, 9.17) is 4.74 Å². The van der Waals surface area contributed by atoms with Crippen LogP contribution in [-0.4, -0.2) is 28.8 Å². The Morgan fingerprint density at radius 1 is 1.33 bits per heavy atom. The van der Waals surface area contributed by atoms with Crippen LogP contribution in [-0.2, 0) is 9.53 Å². The summed E-state index contributed by atoms with van der Waals surface area (Å²) in [5, 5.41) is 22.4. The first kappa shape index (κ1) is 14.3. The number of nitrogens with one attached hydrogen (secondary N) is 1. The van der Waals surface area contributed by atoms with Crippen molar-refractivity contribution in [1.82, 2.24) is 5.32 Å². The van der Waals surface area contributed by atoms with Crippen molar-refractivity contribution in [2.75, 3.05) is 6.61 Å². The molecule has 0 bridgehead atoms. The highest BCUT2D eigenvalue weighted by Crippen LogP contribution is 2.32. The summed E-state index contributed by atoms with van der Waals surface area (Å²) in [4.78, 5) is 11.5. The Hall–Kier alpha value is -1.75. The maximum atomic E-state index is 11.5. The highest BCUT2D eigenvalue weighted by molar-refractivity contribution is 5.75. The molecule has 0 aromatic heterocycles. The molecule has 0 saturated carbocycles. The van der Waals surface area contributed by atoms with Crippen LogP contribution in [0, 0.1) is 0 Å². The molecule has 2 atom stereocenters. The molecule has 18 heavy (non-hydrogen) atoms. The number of benzene rings is 1. The van der Waals surface area contributed by atoms with Gasteiger partial charge in [-0.1, -0.05) is 6.07 Å². The van der Waals surface area contributed by atoms with Crippen molar-refractivity contribution in [2.45, 2.75) is 32.9 Å². The van der Waals surface area contributed by atoms with Gasteiger partial charge in [0.05, 0.1) is 12.2 Å². The number of rotatable bonds is 5. The van der Waals surface area contributed by atoms with Gasteiger partial charge in [0.15, 0.2) is 0 Å². The van der Waals surface area contributed by atoms with E-state index < -0.39 is 6.04 Å². The number of esters is 1. The summed E-state index contributed by atoms with van der Waals surface area (Å²) in [5.74, 6) is -0.378. The van der Waals surface area contributed by atoms with E-state index in [2.05, 4.69) is 5.32 Å². The zero-order chi connectivity index (χ0) is 13.7. The second-order valence-electron chi connectivity index (χ2n) is 4.07. The molecule has 0 spiro atoms. The Morgan fingerprint density at radius 3 is 2.39 bits per heavy atom. The number of carbonyl (C=O) groups excluding carboxylic acids is 1. The van der Waals surface area contributed by atoms with Gasteiger partial charge in [-0.15, -0.1) is 0 Å². The molecular formula is C13H19NO4. The topological polar surface area (TPSA) is 78.8 Å². The molecule has 1 aromatic carbocycles. The standard InChI is InChI=1S/C13H19NO4/c1-4-18-13(17)9(3)14-8(2)12-10(15)6-5-7-11(12)16/h5-9,14-16H,4H2,1-3H3. The number of hydrogen-bond donors (Lipinski definition) is 3. The molecule has 0 heterocycles. The molecule has 1 aromatic rings. The minimum atomic E-state index is -0.515. The lowest BCUT2D eigenvalue weighted by Crippen LogP contribution is -2.37. The van der Waals surface area contributed by atoms with Gasteiger partial charge in [0.25, 0.3) is 0 Å². The fourth-order valence-electron chi connectivity index (χ4n) is 1.78. The molecule has 0 aliphatic carbocycles. The van der Waals surface area contributed by atoms with E-state index in [1.807, 2.05) is 0 Å². The van der Waals surface area contributed by atoms with Crippen molar-refractivity contribution in [2.24, 2.45) is 0 Å². The van der Waals surface area contributed by atoms with E-state index in [9.17, 15) is 15.0 Å². The fraction of sp³-hybridized carbons (Fsp3) is 0.462. The molecule has 100 valence electrons. The van der Waals surface area contributed by atoms with Crippen LogP contribution in [0.4, 0.5) is 0 Å². The Balaban J connectivity index is 2.76. The van der Waals surface area contributed by atoms with Crippen molar-refractivity contribution in [1.29, 1.82) is 0 Å². The lowest BCUT2D eigenvalue weighted by molar-refractivity contribution is -0.145. The van der Waals surface area contributed by atoms with Crippen molar-refractivity contribution < 1.29 is 19.7 Å². The van der Waals surface area contributed by atoms with Gasteiger partial charge in [-0.3, -0.25) is 10.1 Å². The summed E-state index contributed by atoms with van der Waals surface area (Å²) in [6, 6.07) is 3.64. The third-order valence-electron chi connectivity index (χ3n) is 2.63. The third-order valence-corrected chi connectivity index (χ3v) is 2.63. The van der Waals surface area contributed by atoms with Gasteiger partial charge in [0, 0.05) is 6.04 Å². The second-order valence-corrected chi connectivity index (χ2v) is 4.07. The predicted molar refractivity (Wildman–Crippen MR) is 67.4 cm³/mol. The van der Waals surface area contributed by atoms with Gasteiger partial charge in [-0.05, 0) is 32.9 Å². The van der Waals surface area contributed by atoms with Crippen molar-refractivity contribution in [3.8, 4) is 11.5 Å². The summed E-state index contributed by atoms with van der Waals surface area (Å²) < 4.78 is 4.87. The van der Waals surface area contributed by atoms with Crippen LogP contribution in [0.5, 0.6) is 11.5 Å². The number of phenols is 2. The lowest BCUT2D eigenvalue weighted by Gasteiger charge is -2.20. The van der Waals surface area contributed by atoms with Gasteiger partial charge in [0.2, 0.25) is 0 Å². The van der Waals surface area contributed by atoms with E-state index in [0.29, 0.717) is 12.2 Å². The molecule has 1 rings (SSSR count). The van der Waals surface area contributed by atoms with Gasteiger partial charge in [-0.2, -0.15) is 0 Å². The average molecular weight is 253 g/mol. The zero-order valence-electron chi connectivity index (χ0n) is 10.8. The second kappa shape index (κ2) is 6.26. The van der Waals surface area contributed by atoms with E-state index in [-0.39, 0.29) is 23.5 Å². The Bertz CT molecular complexity index is 399. The van der Waals surface area contributed by atoms with Crippen LogP contribution in [0.15, 0.2) is 18.2 Å². The van der Waals surface area contributed by atoms with Crippen LogP contribution in [0.3, 0.4) is 0 Å². The third kappa shape index (κ3) is 3.37. The first-order valence-electron chi connectivity index (χ1n) is 5.90. The number of aromatic hydroxyl groups is 2. The van der Waals surface area contributed by atoms with Gasteiger partial charge in [0.1, 0.15) is 17.5 Å². The number of carbonyl (C=O) groups is 1. The highest BCUT2D eigenvalue weighted by atomic mass is 16.5. The molecule has 5 heteroatoms. The van der Waals surface area contributed by atoms with E-state index >= 15 is 0 Å². The molecule has 0 aliphatic heterocycles. The van der Waals surface area contributed by atoms with Crippen LogP contribution in [0.1, 0.15) is 32.4 Å². The Labute approximate surface area is 106 Å². The van der Waals surface area contributed by atoms with E-state index in [1.165, 1.54) is 12.1 Å². The Kier molecular flexibility index (Phi) is 4.97. The molecule has 0 amide bonds. The fourth-order valence-corrected chi connectivity index (χ4v) is 1.78. The minimum Gasteiger partial charge on any atom is -0.507 e. The summed E-state index contributed by atoms with van der Waals surface area (Å²) in [5.41, 5.74) is 0.369. The molecule has 0 aliphatic rings. The maximum absolute atomic E-state index is 11.5. The average Bonchev–Trinajstić information content (AvgIpc) is 2.28. The minimum absolute atomic E-state index is 0.00828. The monoisotopic (exact) mass is 253 g/mol. The smallest absolute Gasteiger partial charge is 0.322 e. The summed E-state index contributed by atoms with van der Waals surface area (Å²) in [7, 11) is 0. The molecule has 3 N–H and O–H groups in total. The highest BCUT2D eigenvalue weighted by Gasteiger charge is 2.20. The largest absolute Gasteiger partial charge is 0.507 e. The number of hydrogen-bond acceptors (Lipinski definition) is 5. The van der Waals surface area contributed by atoms with Crippen LogP contribution in [0.25, 0.3) is 0 Å².